The van der Waals surface area contributed by atoms with E-state index in [4.69, 9.17) is 19.6 Å². The van der Waals surface area contributed by atoms with Crippen molar-refractivity contribution in [3.63, 3.8) is 0 Å². The van der Waals surface area contributed by atoms with Gasteiger partial charge in [0.15, 0.2) is 0 Å². The summed E-state index contributed by atoms with van der Waals surface area (Å²) >= 11 is 0. The van der Waals surface area contributed by atoms with Crippen molar-refractivity contribution < 1.29 is 23.8 Å². The fourth-order valence-electron chi connectivity index (χ4n) is 3.00. The quantitative estimate of drug-likeness (QED) is 0.363. The molecule has 0 radical (unpaired) electrons. The molecular weight excluding hydrogens is 398 g/mol. The summed E-state index contributed by atoms with van der Waals surface area (Å²) < 4.78 is 16.4. The lowest BCUT2D eigenvalue weighted by molar-refractivity contribution is -0.135. The first-order valence-electron chi connectivity index (χ1n) is 9.53. The van der Waals surface area contributed by atoms with E-state index in [0.717, 1.165) is 5.56 Å². The molecule has 0 unspecified atom stereocenters. The van der Waals surface area contributed by atoms with Crippen LogP contribution in [0.1, 0.15) is 5.56 Å². The van der Waals surface area contributed by atoms with Crippen molar-refractivity contribution in [3.8, 4) is 23.0 Å². The Morgan fingerprint density at radius 3 is 2.48 bits per heavy atom. The van der Waals surface area contributed by atoms with Crippen molar-refractivity contribution in [1.82, 2.24) is 0 Å². The maximum Gasteiger partial charge on any atom is 0.328 e. The number of phenolic OH excluding ortho intramolecular Hbond substituents is 1. The summed E-state index contributed by atoms with van der Waals surface area (Å²) in [4.78, 5) is 25.0. The predicted molar refractivity (Wildman–Crippen MR) is 114 cm³/mol. The lowest BCUT2D eigenvalue weighted by Gasteiger charge is -2.12. The van der Waals surface area contributed by atoms with E-state index in [1.165, 1.54) is 36.6 Å². The summed E-state index contributed by atoms with van der Waals surface area (Å²) in [5, 5.41) is 9.62. The van der Waals surface area contributed by atoms with Gasteiger partial charge in [-0.1, -0.05) is 30.3 Å². The second-order valence-corrected chi connectivity index (χ2v) is 6.90. The average Bonchev–Trinajstić information content (AvgIpc) is 2.78. The molecule has 0 spiro atoms. The third-order valence-corrected chi connectivity index (χ3v) is 4.60. The molecule has 0 aliphatic heterocycles. The van der Waals surface area contributed by atoms with Crippen LogP contribution in [0.5, 0.6) is 23.0 Å². The monoisotopic (exact) mass is 417 g/mol. The first-order chi connectivity index (χ1) is 15.0. The van der Waals surface area contributed by atoms with Crippen molar-refractivity contribution in [2.45, 2.75) is 12.5 Å². The number of fused-ring (bicyclic) bond motifs is 1. The van der Waals surface area contributed by atoms with Gasteiger partial charge in [0, 0.05) is 6.07 Å². The molecule has 31 heavy (non-hydrogen) atoms. The molecule has 0 fully saturated rings. The van der Waals surface area contributed by atoms with Crippen LogP contribution in [0, 0.1) is 0 Å². The van der Waals surface area contributed by atoms with Crippen LogP contribution in [-0.4, -0.2) is 17.1 Å². The van der Waals surface area contributed by atoms with Gasteiger partial charge in [-0.2, -0.15) is 0 Å². The molecule has 1 aromatic heterocycles. The highest BCUT2D eigenvalue weighted by Crippen LogP contribution is 2.24. The van der Waals surface area contributed by atoms with E-state index in [9.17, 15) is 14.7 Å². The van der Waals surface area contributed by atoms with Crippen molar-refractivity contribution in [1.29, 1.82) is 0 Å². The SMILES string of the molecule is N[C@H](Cc1ccc(O)cc1)C(=O)Oc1ccc2c(=O)c(Oc3ccccc3)coc2c1. The number of hydrogen-bond acceptors (Lipinski definition) is 7. The number of esters is 1. The largest absolute Gasteiger partial charge is 0.508 e. The number of para-hydroxylation sites is 1. The number of benzene rings is 3. The van der Waals surface area contributed by atoms with Crippen molar-refractivity contribution in [2.75, 3.05) is 0 Å². The Kier molecular flexibility index (Phi) is 5.68. The molecule has 0 saturated heterocycles. The topological polar surface area (TPSA) is 112 Å². The molecule has 7 nitrogen and oxygen atoms in total. The van der Waals surface area contributed by atoms with Crippen LogP contribution in [0.4, 0.5) is 0 Å². The first kappa shape index (κ1) is 20.2. The van der Waals surface area contributed by atoms with E-state index in [1.807, 2.05) is 6.07 Å². The molecule has 1 atom stereocenters. The summed E-state index contributed by atoms with van der Waals surface area (Å²) in [6.07, 6.45) is 1.47. The molecule has 0 aliphatic carbocycles. The van der Waals surface area contributed by atoms with Crippen molar-refractivity contribution >= 4 is 16.9 Å². The molecule has 0 amide bonds. The van der Waals surface area contributed by atoms with Crippen molar-refractivity contribution in [2.24, 2.45) is 5.73 Å². The standard InChI is InChI=1S/C24H19NO6/c25-20(12-15-6-8-16(26)9-7-15)24(28)31-18-10-11-19-21(13-18)29-14-22(23(19)27)30-17-4-2-1-3-5-17/h1-11,13-14,20,26H,12,25H2/t20-/m1/s1. The molecule has 1 heterocycles. The van der Waals surface area contributed by atoms with Gasteiger partial charge in [0.25, 0.3) is 0 Å². The van der Waals surface area contributed by atoms with Crippen molar-refractivity contribution in [3.05, 3.63) is 94.8 Å². The fraction of sp³-hybridized carbons (Fsp3) is 0.0833. The maximum absolute atomic E-state index is 12.7. The van der Waals surface area contributed by atoms with Crippen LogP contribution in [0.15, 0.2) is 88.3 Å². The van der Waals surface area contributed by atoms with Gasteiger partial charge < -0.3 is 24.7 Å². The average molecular weight is 417 g/mol. The van der Waals surface area contributed by atoms with E-state index in [1.54, 1.807) is 36.4 Å². The molecule has 4 aromatic rings. The zero-order chi connectivity index (χ0) is 21.8. The number of hydrogen-bond donors (Lipinski definition) is 2. The number of carbonyl (C=O) groups is 1. The van der Waals surface area contributed by atoms with Gasteiger partial charge in [-0.25, -0.2) is 4.79 Å². The lowest BCUT2D eigenvalue weighted by Crippen LogP contribution is -2.36. The smallest absolute Gasteiger partial charge is 0.328 e. The molecule has 3 aromatic carbocycles. The van der Waals surface area contributed by atoms with Crippen LogP contribution in [0.2, 0.25) is 0 Å². The van der Waals surface area contributed by atoms with Crippen LogP contribution < -0.4 is 20.6 Å². The zero-order valence-corrected chi connectivity index (χ0v) is 16.4. The van der Waals surface area contributed by atoms with E-state index >= 15 is 0 Å². The Balaban J connectivity index is 1.48. The second-order valence-electron chi connectivity index (χ2n) is 6.90. The van der Waals surface area contributed by atoms with E-state index in [-0.39, 0.29) is 34.7 Å². The predicted octanol–water partition coefficient (Wildman–Crippen LogP) is 3.77. The molecular formula is C24H19NO6. The molecule has 3 N–H and O–H groups in total. The van der Waals surface area contributed by atoms with Gasteiger partial charge >= 0.3 is 5.97 Å². The fourth-order valence-corrected chi connectivity index (χ4v) is 3.00. The lowest BCUT2D eigenvalue weighted by atomic mass is 10.1. The summed E-state index contributed by atoms with van der Waals surface area (Å²) in [6, 6.07) is 18.9. The molecule has 7 heteroatoms. The Morgan fingerprint density at radius 2 is 1.74 bits per heavy atom. The highest BCUT2D eigenvalue weighted by molar-refractivity contribution is 5.82. The minimum atomic E-state index is -0.895. The van der Waals surface area contributed by atoms with E-state index in [0.29, 0.717) is 11.1 Å². The van der Waals surface area contributed by atoms with Gasteiger partial charge in [0.05, 0.1) is 5.39 Å². The molecule has 0 saturated carbocycles. The molecule has 0 aliphatic rings. The molecule has 156 valence electrons. The van der Waals surface area contributed by atoms with Gasteiger partial charge in [-0.05, 0) is 48.4 Å². The summed E-state index contributed by atoms with van der Waals surface area (Å²) in [7, 11) is 0. The van der Waals surface area contributed by atoms with Gasteiger partial charge in [0.1, 0.15) is 35.1 Å². The van der Waals surface area contributed by atoms with Crippen LogP contribution >= 0.6 is 0 Å². The van der Waals surface area contributed by atoms with E-state index < -0.39 is 12.0 Å². The van der Waals surface area contributed by atoms with Gasteiger partial charge in [-0.15, -0.1) is 0 Å². The summed E-state index contributed by atoms with van der Waals surface area (Å²) in [5.74, 6) is 0.286. The summed E-state index contributed by atoms with van der Waals surface area (Å²) in [6.45, 7) is 0. The number of phenols is 1. The Morgan fingerprint density at radius 1 is 1.00 bits per heavy atom. The van der Waals surface area contributed by atoms with Crippen LogP contribution in [0.3, 0.4) is 0 Å². The second kappa shape index (κ2) is 8.73. The third-order valence-electron chi connectivity index (χ3n) is 4.60. The number of carbonyl (C=O) groups excluding carboxylic acids is 1. The Bertz CT molecular complexity index is 1260. The molecule has 0 bridgehead atoms. The number of ether oxygens (including phenoxy) is 2. The first-order valence-corrected chi connectivity index (χ1v) is 9.53. The van der Waals surface area contributed by atoms with Gasteiger partial charge in [-0.3, -0.25) is 4.79 Å². The number of nitrogens with two attached hydrogens (primary N) is 1. The third kappa shape index (κ3) is 4.73. The number of rotatable bonds is 6. The minimum absolute atomic E-state index is 0.0550. The minimum Gasteiger partial charge on any atom is -0.508 e. The molecule has 4 rings (SSSR count). The number of aromatic hydroxyl groups is 1. The van der Waals surface area contributed by atoms with Crippen LogP contribution in [0.25, 0.3) is 11.0 Å². The highest BCUT2D eigenvalue weighted by Gasteiger charge is 2.18. The zero-order valence-electron chi connectivity index (χ0n) is 16.4. The summed E-state index contributed by atoms with van der Waals surface area (Å²) in [5.41, 5.74) is 6.64. The maximum atomic E-state index is 12.7. The highest BCUT2D eigenvalue weighted by atomic mass is 16.5. The Labute approximate surface area is 177 Å². The Hall–Kier alpha value is -4.10. The van der Waals surface area contributed by atoms with Gasteiger partial charge in [0.2, 0.25) is 11.2 Å². The van der Waals surface area contributed by atoms with Crippen LogP contribution in [-0.2, 0) is 11.2 Å². The normalized spacial score (nSPS) is 11.8. The van der Waals surface area contributed by atoms with E-state index in [2.05, 4.69) is 0 Å².